The largest absolute Gasteiger partial charge is 0.492 e. The molecule has 4 heterocycles. The number of likely N-dealkylation sites (tertiary alicyclic amines) is 1. The smallest absolute Gasteiger partial charge is 0.415 e. The van der Waals surface area contributed by atoms with E-state index in [2.05, 4.69) is 15.2 Å². The van der Waals surface area contributed by atoms with Crippen molar-refractivity contribution in [2.75, 3.05) is 76.1 Å². The summed E-state index contributed by atoms with van der Waals surface area (Å²) in [5.41, 5.74) is 21.2. The highest BCUT2D eigenvalue weighted by Gasteiger charge is 2.37. The number of carbonyl (C=O) groups excluding carboxylic acids is 5. The number of nitrogens with one attached hydrogen (secondary N) is 2. The van der Waals surface area contributed by atoms with Crippen molar-refractivity contribution >= 4 is 85.2 Å². The minimum absolute atomic E-state index is 0.0160. The van der Waals surface area contributed by atoms with Crippen LogP contribution < -0.4 is 36.9 Å². The van der Waals surface area contributed by atoms with Gasteiger partial charge < -0.3 is 56.4 Å². The Morgan fingerprint density at radius 2 is 1.65 bits per heavy atom. The van der Waals surface area contributed by atoms with E-state index in [1.807, 2.05) is 50.4 Å². The van der Waals surface area contributed by atoms with Crippen LogP contribution in [-0.2, 0) is 20.9 Å². The number of anilines is 2. The second kappa shape index (κ2) is 21.6. The predicted molar refractivity (Wildman–Crippen MR) is 266 cm³/mol. The quantitative estimate of drug-likeness (QED) is 0.0545. The van der Waals surface area contributed by atoms with Gasteiger partial charge in [0.15, 0.2) is 5.75 Å². The Kier molecular flexibility index (Phi) is 15.9. The van der Waals surface area contributed by atoms with Gasteiger partial charge in [-0.15, -0.1) is 22.9 Å². The number of carbonyl (C=O) groups is 5. The number of halogens is 1. The maximum absolute atomic E-state index is 14.4. The van der Waals surface area contributed by atoms with Crippen LogP contribution in [0.5, 0.6) is 11.5 Å². The zero-order valence-electron chi connectivity index (χ0n) is 39.3. The summed E-state index contributed by atoms with van der Waals surface area (Å²) in [7, 11) is 3.27. The minimum atomic E-state index is -0.880. The van der Waals surface area contributed by atoms with Crippen LogP contribution in [0.25, 0.3) is 21.0 Å². The molecule has 8 N–H and O–H groups in total. The number of rotatable bonds is 19. The first-order valence-electron chi connectivity index (χ1n) is 22.8. The van der Waals surface area contributed by atoms with Gasteiger partial charge in [0, 0.05) is 85.5 Å². The SMILES string of the molecule is Cc1csc2c(OC(=O)N(C)CC(C)(C)CN(C)C(=O)OCc3ccc(NC(=O)[C@@H](N)CCC(N)C(N)=O)cc3)cc3c(c12)[C@H](CCl)CN3C(=O)c1cc2cc(OCCN3CCCC3)ccc2[nH]1. The monoisotopic (exact) mass is 971 g/mol. The fraction of sp³-hybridized carbons (Fsp3) is 0.449. The number of aromatic nitrogens is 1. The van der Waals surface area contributed by atoms with Crippen molar-refractivity contribution < 1.29 is 38.2 Å². The highest BCUT2D eigenvalue weighted by Crippen LogP contribution is 2.49. The molecule has 2 aliphatic heterocycles. The Hall–Kier alpha value is -5.92. The van der Waals surface area contributed by atoms with Crippen LogP contribution in [0, 0.1) is 12.3 Å². The molecule has 2 aliphatic rings. The molecule has 7 rings (SSSR count). The molecule has 0 radical (unpaired) electrons. The molecular weight excluding hydrogens is 910 g/mol. The van der Waals surface area contributed by atoms with E-state index >= 15 is 0 Å². The molecule has 2 aromatic heterocycles. The third-order valence-electron chi connectivity index (χ3n) is 12.5. The van der Waals surface area contributed by atoms with Crippen LogP contribution >= 0.6 is 22.9 Å². The van der Waals surface area contributed by atoms with Crippen molar-refractivity contribution in [2.45, 2.75) is 71.1 Å². The molecule has 5 amide bonds. The molecule has 68 heavy (non-hydrogen) atoms. The lowest BCUT2D eigenvalue weighted by Crippen LogP contribution is -2.44. The molecule has 1 fully saturated rings. The number of alkyl halides is 1. The van der Waals surface area contributed by atoms with Crippen molar-refractivity contribution in [2.24, 2.45) is 22.6 Å². The number of benzene rings is 3. The van der Waals surface area contributed by atoms with Gasteiger partial charge in [-0.2, -0.15) is 0 Å². The van der Waals surface area contributed by atoms with E-state index in [9.17, 15) is 24.0 Å². The van der Waals surface area contributed by atoms with E-state index < -0.39 is 41.5 Å². The molecule has 364 valence electrons. The number of hydrogen-bond donors (Lipinski definition) is 5. The first kappa shape index (κ1) is 50.0. The normalized spacial score (nSPS) is 15.8. The van der Waals surface area contributed by atoms with Crippen LogP contribution in [-0.4, -0.2) is 128 Å². The summed E-state index contributed by atoms with van der Waals surface area (Å²) in [4.78, 5) is 75.4. The highest BCUT2D eigenvalue weighted by atomic mass is 35.5. The first-order chi connectivity index (χ1) is 32.4. The predicted octanol–water partition coefficient (Wildman–Crippen LogP) is 6.73. The number of fused-ring (bicyclic) bond motifs is 4. The van der Waals surface area contributed by atoms with Crippen molar-refractivity contribution in [1.82, 2.24) is 19.7 Å². The number of amides is 5. The van der Waals surface area contributed by atoms with E-state index in [4.69, 9.17) is 43.0 Å². The van der Waals surface area contributed by atoms with Crippen LogP contribution in [0.1, 0.15) is 72.6 Å². The van der Waals surface area contributed by atoms with E-state index in [-0.39, 0.29) is 44.4 Å². The standard InChI is InChI=1S/C49H62ClN9O8S/c1-29-26-68-43-40(22-39-42(41(29)43)32(23-50)24-59(39)46(62)38-21-31-20-34(12-15-37(31)55-38)65-19-18-58-16-6-7-17-58)67-48(64)57(5)28-49(2,3)27-56(4)47(63)66-25-30-8-10-33(11-9-30)54-45(61)36(52)14-13-35(51)44(53)60/h8-12,15,20-22,26,32,35-36,55H,6-7,13-14,16-19,23-25,27-28,51-52H2,1-5H3,(H2,53,60)(H,54,61)/t32-,35?,36+/m1/s1. The second-order valence-corrected chi connectivity index (χ2v) is 19.9. The Labute approximate surface area is 405 Å². The fourth-order valence-electron chi connectivity index (χ4n) is 9.00. The van der Waals surface area contributed by atoms with Gasteiger partial charge >= 0.3 is 12.2 Å². The topological polar surface area (TPSA) is 232 Å². The molecule has 0 bridgehead atoms. The van der Waals surface area contributed by atoms with Gasteiger partial charge in [0.2, 0.25) is 11.8 Å². The lowest BCUT2D eigenvalue weighted by atomic mass is 9.92. The second-order valence-electron chi connectivity index (χ2n) is 18.7. The van der Waals surface area contributed by atoms with Crippen molar-refractivity contribution in [3.63, 3.8) is 0 Å². The molecule has 3 atom stereocenters. The van der Waals surface area contributed by atoms with Gasteiger partial charge in [-0.3, -0.25) is 19.3 Å². The summed E-state index contributed by atoms with van der Waals surface area (Å²) in [6.07, 6.45) is 1.68. The number of hydrogen-bond acceptors (Lipinski definition) is 12. The zero-order chi connectivity index (χ0) is 48.9. The number of thiophene rings is 1. The average molecular weight is 973 g/mol. The summed E-state index contributed by atoms with van der Waals surface area (Å²) in [5, 5.41) is 6.53. The van der Waals surface area contributed by atoms with Gasteiger partial charge in [0.05, 0.1) is 22.5 Å². The first-order valence-corrected chi connectivity index (χ1v) is 24.2. The third kappa shape index (κ3) is 11.8. The van der Waals surface area contributed by atoms with Gasteiger partial charge in [-0.1, -0.05) is 26.0 Å². The van der Waals surface area contributed by atoms with Gasteiger partial charge in [0.25, 0.3) is 5.91 Å². The van der Waals surface area contributed by atoms with Crippen LogP contribution in [0.4, 0.5) is 21.0 Å². The summed E-state index contributed by atoms with van der Waals surface area (Å²) in [5.74, 6) is -0.0611. The average Bonchev–Trinajstić information content (AvgIpc) is 4.13. The van der Waals surface area contributed by atoms with Crippen molar-refractivity contribution in [1.29, 1.82) is 0 Å². The van der Waals surface area contributed by atoms with E-state index in [0.29, 0.717) is 47.4 Å². The number of aromatic amines is 1. The molecule has 1 saturated heterocycles. The van der Waals surface area contributed by atoms with Crippen LogP contribution in [0.2, 0.25) is 0 Å². The number of ether oxygens (including phenoxy) is 3. The third-order valence-corrected chi connectivity index (χ3v) is 14.0. The number of H-pyrrole nitrogens is 1. The fourth-order valence-corrected chi connectivity index (χ4v) is 10.3. The van der Waals surface area contributed by atoms with Crippen LogP contribution in [0.3, 0.4) is 0 Å². The van der Waals surface area contributed by atoms with E-state index in [1.54, 1.807) is 49.3 Å². The van der Waals surface area contributed by atoms with Crippen LogP contribution in [0.15, 0.2) is 60.0 Å². The van der Waals surface area contributed by atoms with Gasteiger partial charge in [-0.05, 0) is 104 Å². The molecule has 19 heteroatoms. The Bertz CT molecular complexity index is 2650. The molecule has 0 saturated carbocycles. The zero-order valence-corrected chi connectivity index (χ0v) is 40.8. The summed E-state index contributed by atoms with van der Waals surface area (Å²) in [6, 6.07) is 14.4. The van der Waals surface area contributed by atoms with Crippen molar-refractivity contribution in [3.8, 4) is 11.5 Å². The van der Waals surface area contributed by atoms with E-state index in [0.717, 1.165) is 57.5 Å². The van der Waals surface area contributed by atoms with Gasteiger partial charge in [0.1, 0.15) is 24.7 Å². The summed E-state index contributed by atoms with van der Waals surface area (Å²) < 4.78 is 18.6. The molecule has 3 aromatic carbocycles. The Balaban J connectivity index is 0.952. The number of nitrogens with zero attached hydrogens (tertiary/aromatic N) is 4. The Morgan fingerprint density at radius 1 is 0.956 bits per heavy atom. The summed E-state index contributed by atoms with van der Waals surface area (Å²) in [6.45, 7) is 10.4. The maximum atomic E-state index is 14.4. The lowest BCUT2D eigenvalue weighted by Gasteiger charge is -2.33. The maximum Gasteiger partial charge on any atom is 0.415 e. The number of aryl methyl sites for hydroxylation is 1. The number of nitrogens with two attached hydrogens (primary N) is 3. The molecule has 17 nitrogen and oxygen atoms in total. The molecule has 1 unspecified atom stereocenters. The molecular formula is C49H62ClN9O8S. The lowest BCUT2D eigenvalue weighted by molar-refractivity contribution is -0.120. The minimum Gasteiger partial charge on any atom is -0.492 e. The highest BCUT2D eigenvalue weighted by molar-refractivity contribution is 7.17. The number of primary amides is 1. The Morgan fingerprint density at radius 3 is 2.34 bits per heavy atom. The molecule has 5 aromatic rings. The molecule has 0 aliphatic carbocycles. The van der Waals surface area contributed by atoms with Crippen molar-refractivity contribution in [3.05, 3.63) is 82.4 Å². The van der Waals surface area contributed by atoms with E-state index in [1.165, 1.54) is 34.0 Å². The molecule has 0 spiro atoms. The van der Waals surface area contributed by atoms with Gasteiger partial charge in [-0.25, -0.2) is 9.59 Å². The summed E-state index contributed by atoms with van der Waals surface area (Å²) >= 11 is 8.07.